The summed E-state index contributed by atoms with van der Waals surface area (Å²) in [6, 6.07) is 20.5. The number of aryl methyl sites for hydroxylation is 2. The van der Waals surface area contributed by atoms with Gasteiger partial charge in [-0.1, -0.05) is 60.7 Å². The van der Waals surface area contributed by atoms with Crippen molar-refractivity contribution in [2.45, 2.75) is 20.0 Å². The molecule has 3 rings (SSSR count). The van der Waals surface area contributed by atoms with Crippen LogP contribution in [0.3, 0.4) is 0 Å². The quantitative estimate of drug-likeness (QED) is 0.444. The van der Waals surface area contributed by atoms with Crippen LogP contribution in [0.1, 0.15) is 28.4 Å². The Balaban J connectivity index is 1.81. The first-order valence-corrected chi connectivity index (χ1v) is 9.50. The zero-order chi connectivity index (χ0) is 21.5. The number of amides is 1. The van der Waals surface area contributed by atoms with Crippen LogP contribution in [0.5, 0.6) is 0 Å². The van der Waals surface area contributed by atoms with Crippen molar-refractivity contribution in [2.75, 3.05) is 5.32 Å². The molecule has 4 nitrogen and oxygen atoms in total. The second-order valence-electron chi connectivity index (χ2n) is 6.89. The van der Waals surface area contributed by atoms with Gasteiger partial charge in [-0.25, -0.2) is 9.18 Å². The summed E-state index contributed by atoms with van der Waals surface area (Å²) in [4.78, 5) is 25.3. The smallest absolute Gasteiger partial charge is 0.331 e. The van der Waals surface area contributed by atoms with Gasteiger partial charge in [0.2, 0.25) is 6.10 Å². The van der Waals surface area contributed by atoms with Crippen LogP contribution in [0.4, 0.5) is 10.1 Å². The molecule has 3 aromatic rings. The third-order valence-corrected chi connectivity index (χ3v) is 4.53. The molecule has 0 unspecified atom stereocenters. The Morgan fingerprint density at radius 2 is 1.67 bits per heavy atom. The summed E-state index contributed by atoms with van der Waals surface area (Å²) in [5.41, 5.74) is 3.33. The molecule has 0 fully saturated rings. The normalized spacial score (nSPS) is 11.8. The first kappa shape index (κ1) is 21.0. The second kappa shape index (κ2) is 9.65. The van der Waals surface area contributed by atoms with Gasteiger partial charge in [0.05, 0.1) is 0 Å². The summed E-state index contributed by atoms with van der Waals surface area (Å²) in [6.07, 6.45) is 1.28. The molecule has 0 bridgehead atoms. The van der Waals surface area contributed by atoms with E-state index in [1.54, 1.807) is 42.5 Å². The number of anilines is 1. The van der Waals surface area contributed by atoms with Gasteiger partial charge in [0, 0.05) is 22.9 Å². The lowest BCUT2D eigenvalue weighted by Gasteiger charge is -2.18. The molecular formula is C25H22FNO3. The van der Waals surface area contributed by atoms with Crippen LogP contribution < -0.4 is 5.32 Å². The van der Waals surface area contributed by atoms with Crippen LogP contribution in [0, 0.1) is 19.7 Å². The molecule has 0 radical (unpaired) electrons. The minimum Gasteiger partial charge on any atom is -0.444 e. The lowest BCUT2D eigenvalue weighted by molar-refractivity contribution is -0.149. The predicted octanol–water partition coefficient (Wildman–Crippen LogP) is 5.38. The largest absolute Gasteiger partial charge is 0.444 e. The number of hydrogen-bond acceptors (Lipinski definition) is 3. The number of nitrogens with one attached hydrogen (secondary N) is 1. The molecule has 0 heterocycles. The molecule has 1 amide bonds. The highest BCUT2D eigenvalue weighted by molar-refractivity contribution is 5.98. The SMILES string of the molecule is Cc1ccc(C)c(NC(=O)[C@@H](OC(=O)/C=C/c2ccccc2F)c2ccccc2)c1. The van der Waals surface area contributed by atoms with E-state index in [0.29, 0.717) is 11.3 Å². The van der Waals surface area contributed by atoms with Crippen molar-refractivity contribution in [3.05, 3.63) is 107 Å². The van der Waals surface area contributed by atoms with Crippen molar-refractivity contribution in [1.82, 2.24) is 0 Å². The summed E-state index contributed by atoms with van der Waals surface area (Å²) >= 11 is 0. The molecule has 3 aromatic carbocycles. The van der Waals surface area contributed by atoms with Crippen LogP contribution >= 0.6 is 0 Å². The van der Waals surface area contributed by atoms with E-state index in [9.17, 15) is 14.0 Å². The summed E-state index contributed by atoms with van der Waals surface area (Å²) in [5, 5.41) is 2.84. The fraction of sp³-hybridized carbons (Fsp3) is 0.120. The van der Waals surface area contributed by atoms with Gasteiger partial charge in [-0.3, -0.25) is 4.79 Å². The van der Waals surface area contributed by atoms with E-state index in [1.165, 1.54) is 12.1 Å². The van der Waals surface area contributed by atoms with Gasteiger partial charge >= 0.3 is 5.97 Å². The molecule has 152 valence electrons. The third kappa shape index (κ3) is 5.41. The Bertz CT molecular complexity index is 1080. The maximum absolute atomic E-state index is 13.7. The van der Waals surface area contributed by atoms with E-state index in [2.05, 4.69) is 5.32 Å². The number of hydrogen-bond donors (Lipinski definition) is 1. The summed E-state index contributed by atoms with van der Waals surface area (Å²) in [5.74, 6) is -1.67. The van der Waals surface area contributed by atoms with E-state index in [4.69, 9.17) is 4.74 Å². The molecule has 30 heavy (non-hydrogen) atoms. The fourth-order valence-corrected chi connectivity index (χ4v) is 2.89. The number of ether oxygens (including phenoxy) is 1. The topological polar surface area (TPSA) is 55.4 Å². The summed E-state index contributed by atoms with van der Waals surface area (Å²) in [7, 11) is 0. The predicted molar refractivity (Wildman–Crippen MR) is 115 cm³/mol. The van der Waals surface area contributed by atoms with Crippen molar-refractivity contribution in [2.24, 2.45) is 0 Å². The number of rotatable bonds is 6. The number of esters is 1. The molecule has 0 spiro atoms. The van der Waals surface area contributed by atoms with Crippen LogP contribution in [0.2, 0.25) is 0 Å². The monoisotopic (exact) mass is 403 g/mol. The van der Waals surface area contributed by atoms with Crippen LogP contribution in [0.15, 0.2) is 78.9 Å². The van der Waals surface area contributed by atoms with Crippen LogP contribution in [0.25, 0.3) is 6.08 Å². The molecule has 1 atom stereocenters. The van der Waals surface area contributed by atoms with Gasteiger partial charge in [0.1, 0.15) is 5.82 Å². The van der Waals surface area contributed by atoms with E-state index < -0.39 is 23.8 Å². The van der Waals surface area contributed by atoms with Gasteiger partial charge in [-0.15, -0.1) is 0 Å². The van der Waals surface area contributed by atoms with E-state index in [-0.39, 0.29) is 5.56 Å². The molecule has 0 saturated heterocycles. The average Bonchev–Trinajstić information content (AvgIpc) is 2.74. The van der Waals surface area contributed by atoms with Crippen molar-refractivity contribution < 1.29 is 18.7 Å². The molecule has 0 aliphatic heterocycles. The summed E-state index contributed by atoms with van der Waals surface area (Å²) in [6.45, 7) is 3.81. The molecule has 0 aromatic heterocycles. The van der Waals surface area contributed by atoms with Crippen LogP contribution in [-0.4, -0.2) is 11.9 Å². The highest BCUT2D eigenvalue weighted by Gasteiger charge is 2.24. The minimum atomic E-state index is -1.15. The first-order valence-electron chi connectivity index (χ1n) is 9.50. The number of benzene rings is 3. The van der Waals surface area contributed by atoms with E-state index in [0.717, 1.165) is 17.2 Å². The van der Waals surface area contributed by atoms with Gasteiger partial charge in [-0.05, 0) is 43.2 Å². The first-order chi connectivity index (χ1) is 14.4. The van der Waals surface area contributed by atoms with Crippen molar-refractivity contribution in [3.63, 3.8) is 0 Å². The molecule has 0 aliphatic rings. The van der Waals surface area contributed by atoms with Gasteiger partial charge in [0.25, 0.3) is 5.91 Å². The Kier molecular flexibility index (Phi) is 6.75. The zero-order valence-corrected chi connectivity index (χ0v) is 16.8. The molecular weight excluding hydrogens is 381 g/mol. The number of halogens is 1. The molecule has 0 saturated carbocycles. The summed E-state index contributed by atoms with van der Waals surface area (Å²) < 4.78 is 19.2. The maximum Gasteiger partial charge on any atom is 0.331 e. The van der Waals surface area contributed by atoms with Gasteiger partial charge < -0.3 is 10.1 Å². The molecule has 1 N–H and O–H groups in total. The lowest BCUT2D eigenvalue weighted by Crippen LogP contribution is -2.25. The average molecular weight is 403 g/mol. The minimum absolute atomic E-state index is 0.255. The Morgan fingerprint density at radius 3 is 2.40 bits per heavy atom. The Labute approximate surface area is 175 Å². The van der Waals surface area contributed by atoms with E-state index >= 15 is 0 Å². The van der Waals surface area contributed by atoms with Crippen molar-refractivity contribution >= 4 is 23.6 Å². The third-order valence-electron chi connectivity index (χ3n) is 4.53. The standard InChI is InChI=1S/C25H22FNO3/c1-17-12-13-18(2)22(16-17)27-25(29)24(20-9-4-3-5-10-20)30-23(28)15-14-19-8-6-7-11-21(19)26/h3-16,24H,1-2H3,(H,27,29)/b15-14+/t24-/m0/s1. The number of carbonyl (C=O) groups excluding carboxylic acids is 2. The number of carbonyl (C=O) groups is 2. The Morgan fingerprint density at radius 1 is 0.967 bits per heavy atom. The van der Waals surface area contributed by atoms with E-state index in [1.807, 2.05) is 38.1 Å². The van der Waals surface area contributed by atoms with Crippen molar-refractivity contribution in [3.8, 4) is 0 Å². The highest BCUT2D eigenvalue weighted by Crippen LogP contribution is 2.23. The maximum atomic E-state index is 13.7. The zero-order valence-electron chi connectivity index (χ0n) is 16.8. The van der Waals surface area contributed by atoms with Gasteiger partial charge in [-0.2, -0.15) is 0 Å². The van der Waals surface area contributed by atoms with Gasteiger partial charge in [0.15, 0.2) is 0 Å². The lowest BCUT2D eigenvalue weighted by atomic mass is 10.1. The van der Waals surface area contributed by atoms with Crippen molar-refractivity contribution in [1.29, 1.82) is 0 Å². The fourth-order valence-electron chi connectivity index (χ4n) is 2.89. The Hall–Kier alpha value is -3.73. The molecule has 5 heteroatoms. The molecule has 0 aliphatic carbocycles. The second-order valence-corrected chi connectivity index (χ2v) is 6.89. The highest BCUT2D eigenvalue weighted by atomic mass is 19.1. The van der Waals surface area contributed by atoms with Crippen LogP contribution in [-0.2, 0) is 14.3 Å².